The van der Waals surface area contributed by atoms with Gasteiger partial charge < -0.3 is 24.7 Å². The first-order valence-electron chi connectivity index (χ1n) is 14.4. The molecule has 2 N–H and O–H groups in total. The molecule has 0 aliphatic carbocycles. The molecule has 236 valence electrons. The van der Waals surface area contributed by atoms with E-state index in [2.05, 4.69) is 20.8 Å². The zero-order valence-corrected chi connectivity index (χ0v) is 27.1. The highest BCUT2D eigenvalue weighted by Crippen LogP contribution is 2.35. The molecule has 1 unspecified atom stereocenters. The molecule has 4 rings (SSSR count). The summed E-state index contributed by atoms with van der Waals surface area (Å²) in [5, 5.41) is 14.4. The summed E-state index contributed by atoms with van der Waals surface area (Å²) in [6.45, 7) is 7.58. The molecule has 0 aliphatic heterocycles. The van der Waals surface area contributed by atoms with Gasteiger partial charge >= 0.3 is 11.9 Å². The first-order valence-corrected chi connectivity index (χ1v) is 16.1. The van der Waals surface area contributed by atoms with E-state index < -0.39 is 23.1 Å². The number of benzene rings is 2. The van der Waals surface area contributed by atoms with Crippen LogP contribution in [0.1, 0.15) is 63.3 Å². The lowest BCUT2D eigenvalue weighted by molar-refractivity contribution is -0.120. The average molecular weight is 650 g/mol. The summed E-state index contributed by atoms with van der Waals surface area (Å²) in [4.78, 5) is 51.6. The average Bonchev–Trinajstić information content (AvgIpc) is 3.56. The molecule has 2 heterocycles. The molecular weight excluding hydrogens is 615 g/mol. The number of amides is 2. The number of nitrogens with one attached hydrogen (secondary N) is 2. The van der Waals surface area contributed by atoms with Gasteiger partial charge in [0.25, 0.3) is 0 Å². The normalized spacial score (nSPS) is 11.5. The number of nitrogens with zero attached hydrogens (tertiary/aromatic N) is 3. The SMILES string of the molecule is CCOC(=O)c1sc(NC(=O)C(C)Sc2nnc(CNC(=O)Cc3ccccc3)n2Cc2ccccc2)c(C(=O)OCC)c1C. The fourth-order valence-corrected chi connectivity index (χ4v) is 6.31. The summed E-state index contributed by atoms with van der Waals surface area (Å²) in [7, 11) is 0. The van der Waals surface area contributed by atoms with Crippen LogP contribution in [-0.4, -0.2) is 57.0 Å². The first kappa shape index (κ1) is 33.4. The zero-order valence-electron chi connectivity index (χ0n) is 25.5. The number of hydrogen-bond donors (Lipinski definition) is 2. The van der Waals surface area contributed by atoms with Crippen LogP contribution in [0, 0.1) is 6.92 Å². The molecule has 0 radical (unpaired) electrons. The van der Waals surface area contributed by atoms with Crippen LogP contribution >= 0.6 is 23.1 Å². The van der Waals surface area contributed by atoms with E-state index in [1.54, 1.807) is 27.7 Å². The number of thioether (sulfide) groups is 1. The van der Waals surface area contributed by atoms with Gasteiger partial charge in [-0.2, -0.15) is 0 Å². The summed E-state index contributed by atoms with van der Waals surface area (Å²) in [6.07, 6.45) is 0.236. The topological polar surface area (TPSA) is 142 Å². The fourth-order valence-electron chi connectivity index (χ4n) is 4.35. The second-order valence-electron chi connectivity index (χ2n) is 9.86. The highest BCUT2D eigenvalue weighted by Gasteiger charge is 2.29. The minimum atomic E-state index is -0.673. The third-order valence-corrected chi connectivity index (χ3v) is 8.87. The number of thiophene rings is 1. The maximum absolute atomic E-state index is 13.4. The van der Waals surface area contributed by atoms with E-state index in [-0.39, 0.29) is 47.5 Å². The molecule has 0 bridgehead atoms. The van der Waals surface area contributed by atoms with Crippen LogP contribution in [0.15, 0.2) is 65.8 Å². The Labute approximate surface area is 269 Å². The second kappa shape index (κ2) is 16.0. The Morgan fingerprint density at radius 3 is 2.18 bits per heavy atom. The van der Waals surface area contributed by atoms with E-state index in [9.17, 15) is 19.2 Å². The van der Waals surface area contributed by atoms with E-state index >= 15 is 0 Å². The molecule has 0 fully saturated rings. The molecule has 0 aliphatic rings. The fraction of sp³-hybridized carbons (Fsp3) is 0.312. The maximum atomic E-state index is 13.4. The van der Waals surface area contributed by atoms with Gasteiger partial charge in [-0.1, -0.05) is 72.4 Å². The van der Waals surface area contributed by atoms with E-state index in [1.807, 2.05) is 65.2 Å². The number of ether oxygens (including phenoxy) is 2. The van der Waals surface area contributed by atoms with E-state index in [1.165, 1.54) is 11.8 Å². The van der Waals surface area contributed by atoms with Gasteiger partial charge in [-0.3, -0.25) is 9.59 Å². The minimum absolute atomic E-state index is 0.122. The maximum Gasteiger partial charge on any atom is 0.348 e. The van der Waals surface area contributed by atoms with Crippen molar-refractivity contribution in [1.82, 2.24) is 20.1 Å². The molecule has 13 heteroatoms. The van der Waals surface area contributed by atoms with Crippen LogP contribution < -0.4 is 10.6 Å². The van der Waals surface area contributed by atoms with Crippen molar-refractivity contribution >= 4 is 51.9 Å². The Bertz CT molecular complexity index is 1640. The number of carbonyl (C=O) groups is 4. The van der Waals surface area contributed by atoms with Crippen molar-refractivity contribution in [2.24, 2.45) is 0 Å². The van der Waals surface area contributed by atoms with E-state index in [0.717, 1.165) is 22.5 Å². The molecule has 0 saturated heterocycles. The Kier molecular flexibility index (Phi) is 11.9. The Morgan fingerprint density at radius 1 is 0.911 bits per heavy atom. The van der Waals surface area contributed by atoms with Crippen molar-refractivity contribution in [2.75, 3.05) is 18.5 Å². The first-order chi connectivity index (χ1) is 21.7. The Hall–Kier alpha value is -4.49. The summed E-state index contributed by atoms with van der Waals surface area (Å²) < 4.78 is 12.2. The van der Waals surface area contributed by atoms with Gasteiger partial charge in [0, 0.05) is 0 Å². The third-order valence-electron chi connectivity index (χ3n) is 6.60. The van der Waals surface area contributed by atoms with E-state index in [0.29, 0.717) is 23.1 Å². The molecule has 11 nitrogen and oxygen atoms in total. The predicted molar refractivity (Wildman–Crippen MR) is 172 cm³/mol. The van der Waals surface area contributed by atoms with Gasteiger partial charge in [-0.05, 0) is 44.4 Å². The third kappa shape index (κ3) is 8.79. The van der Waals surface area contributed by atoms with Crippen molar-refractivity contribution in [3.63, 3.8) is 0 Å². The summed E-state index contributed by atoms with van der Waals surface area (Å²) in [5.74, 6) is -1.24. The van der Waals surface area contributed by atoms with E-state index in [4.69, 9.17) is 9.47 Å². The molecule has 2 aromatic heterocycles. The van der Waals surface area contributed by atoms with Gasteiger partial charge in [-0.25, -0.2) is 9.59 Å². The number of esters is 2. The summed E-state index contributed by atoms with van der Waals surface area (Å²) in [5.41, 5.74) is 2.40. The second-order valence-corrected chi connectivity index (χ2v) is 12.2. The van der Waals surface area contributed by atoms with Crippen molar-refractivity contribution in [1.29, 1.82) is 0 Å². The minimum Gasteiger partial charge on any atom is -0.462 e. The highest BCUT2D eigenvalue weighted by atomic mass is 32.2. The smallest absolute Gasteiger partial charge is 0.348 e. The standard InChI is InChI=1S/C32H35N5O6S2/c1-5-42-30(40)26-20(3)27(31(41)43-6-2)45-29(26)34-28(39)21(4)44-32-36-35-24(37(32)19-23-15-11-8-12-16-23)18-33-25(38)17-22-13-9-7-10-14-22/h7-16,21H,5-6,17-19H2,1-4H3,(H,33,38)(H,34,39). The molecule has 0 saturated carbocycles. The summed E-state index contributed by atoms with van der Waals surface area (Å²) in [6, 6.07) is 19.2. The van der Waals surface area contributed by atoms with Crippen LogP contribution in [0.4, 0.5) is 5.00 Å². The quantitative estimate of drug-likeness (QED) is 0.142. The van der Waals surface area contributed by atoms with Gasteiger partial charge in [0.15, 0.2) is 11.0 Å². The molecule has 1 atom stereocenters. The number of aromatic nitrogens is 3. The number of rotatable bonds is 14. The Balaban J connectivity index is 1.52. The number of hydrogen-bond acceptors (Lipinski definition) is 10. The van der Waals surface area contributed by atoms with Crippen molar-refractivity contribution in [2.45, 2.75) is 57.6 Å². The lowest BCUT2D eigenvalue weighted by atomic mass is 10.1. The van der Waals surface area contributed by atoms with Gasteiger partial charge in [0.2, 0.25) is 11.8 Å². The van der Waals surface area contributed by atoms with Crippen molar-refractivity contribution < 1.29 is 28.7 Å². The number of anilines is 1. The van der Waals surface area contributed by atoms with Crippen LogP contribution in [0.3, 0.4) is 0 Å². The largest absolute Gasteiger partial charge is 0.462 e. The van der Waals surface area contributed by atoms with Crippen LogP contribution in [0.2, 0.25) is 0 Å². The summed E-state index contributed by atoms with van der Waals surface area (Å²) >= 11 is 2.16. The van der Waals surface area contributed by atoms with Gasteiger partial charge in [0.05, 0.1) is 43.5 Å². The molecule has 2 aromatic carbocycles. The van der Waals surface area contributed by atoms with Crippen LogP contribution in [-0.2, 0) is 38.6 Å². The van der Waals surface area contributed by atoms with Crippen molar-refractivity contribution in [3.8, 4) is 0 Å². The monoisotopic (exact) mass is 649 g/mol. The van der Waals surface area contributed by atoms with Crippen molar-refractivity contribution in [3.05, 3.63) is 93.6 Å². The molecule has 4 aromatic rings. The van der Waals surface area contributed by atoms with Crippen LogP contribution in [0.5, 0.6) is 0 Å². The number of carbonyl (C=O) groups excluding carboxylic acids is 4. The molecule has 0 spiro atoms. The van der Waals surface area contributed by atoms with Gasteiger partial charge in [-0.15, -0.1) is 21.5 Å². The Morgan fingerprint density at radius 2 is 1.53 bits per heavy atom. The highest BCUT2D eigenvalue weighted by molar-refractivity contribution is 8.00. The molecular formula is C32H35N5O6S2. The van der Waals surface area contributed by atoms with Crippen LogP contribution in [0.25, 0.3) is 0 Å². The lowest BCUT2D eigenvalue weighted by Gasteiger charge is -2.14. The molecule has 45 heavy (non-hydrogen) atoms. The van der Waals surface area contributed by atoms with Gasteiger partial charge in [0.1, 0.15) is 9.88 Å². The predicted octanol–water partition coefficient (Wildman–Crippen LogP) is 5.03. The lowest BCUT2D eigenvalue weighted by Crippen LogP contribution is -2.27. The molecule has 2 amide bonds. The zero-order chi connectivity index (χ0) is 32.3.